The Bertz CT molecular complexity index is 1120. The largest absolute Gasteiger partial charge is 0.469 e. The summed E-state index contributed by atoms with van der Waals surface area (Å²) in [6, 6.07) is 15.6. The van der Waals surface area contributed by atoms with E-state index < -0.39 is 5.82 Å². The van der Waals surface area contributed by atoms with E-state index >= 15 is 0 Å². The molecular weight excluding hydrogens is 431 g/mol. The molecule has 1 fully saturated rings. The van der Waals surface area contributed by atoms with Crippen molar-refractivity contribution in [2.45, 2.75) is 25.2 Å². The molecule has 0 radical (unpaired) electrons. The summed E-state index contributed by atoms with van der Waals surface area (Å²) in [6.07, 6.45) is 2.80. The molecule has 0 spiro atoms. The molecule has 7 heteroatoms. The van der Waals surface area contributed by atoms with Gasteiger partial charge in [-0.25, -0.2) is 4.39 Å². The molecule has 32 heavy (non-hydrogen) atoms. The fraction of sp³-hybridized carbons (Fsp3) is 0.280. The van der Waals surface area contributed by atoms with E-state index in [1.807, 2.05) is 18.2 Å². The number of carbonyl (C=O) groups excluding carboxylic acids is 2. The average Bonchev–Trinajstić information content (AvgIpc) is 3.24. The smallest absolute Gasteiger partial charge is 0.255 e. The van der Waals surface area contributed by atoms with Gasteiger partial charge in [0.1, 0.15) is 17.8 Å². The first-order valence-corrected chi connectivity index (χ1v) is 10.9. The lowest BCUT2D eigenvalue weighted by Crippen LogP contribution is -2.50. The first kappa shape index (κ1) is 22.1. The van der Waals surface area contributed by atoms with Gasteiger partial charge < -0.3 is 14.6 Å². The molecule has 1 aromatic heterocycles. The topological polar surface area (TPSA) is 62.6 Å². The van der Waals surface area contributed by atoms with Gasteiger partial charge >= 0.3 is 0 Å². The minimum atomic E-state index is -0.475. The number of rotatable bonds is 5. The Morgan fingerprint density at radius 3 is 2.47 bits per heavy atom. The zero-order valence-corrected chi connectivity index (χ0v) is 18.5. The molecule has 0 bridgehead atoms. The second-order valence-corrected chi connectivity index (χ2v) is 8.60. The van der Waals surface area contributed by atoms with E-state index in [1.54, 1.807) is 17.9 Å². The SMILES string of the molecule is Cc1cc(C(=O)NCC2(c3ccccc3)CCN(C(=O)c3ccc(F)cc3Cl)CC2)co1. The summed E-state index contributed by atoms with van der Waals surface area (Å²) in [4.78, 5) is 27.3. The first-order chi connectivity index (χ1) is 15.4. The number of hydrogen-bond donors (Lipinski definition) is 1. The maximum Gasteiger partial charge on any atom is 0.255 e. The van der Waals surface area contributed by atoms with Crippen LogP contribution in [-0.4, -0.2) is 36.3 Å². The molecule has 2 amide bonds. The highest BCUT2D eigenvalue weighted by atomic mass is 35.5. The van der Waals surface area contributed by atoms with E-state index in [9.17, 15) is 14.0 Å². The lowest BCUT2D eigenvalue weighted by molar-refractivity contribution is 0.0656. The highest BCUT2D eigenvalue weighted by Gasteiger charge is 2.38. The monoisotopic (exact) mass is 454 g/mol. The number of nitrogens with one attached hydrogen (secondary N) is 1. The number of furan rings is 1. The number of halogens is 2. The maximum atomic E-state index is 13.4. The molecule has 3 aromatic rings. The van der Waals surface area contributed by atoms with Crippen LogP contribution < -0.4 is 5.32 Å². The van der Waals surface area contributed by atoms with Crippen molar-refractivity contribution >= 4 is 23.4 Å². The van der Waals surface area contributed by atoms with E-state index in [2.05, 4.69) is 17.4 Å². The number of piperidine rings is 1. The Hall–Kier alpha value is -3.12. The van der Waals surface area contributed by atoms with Gasteiger partial charge in [0.05, 0.1) is 16.1 Å². The summed E-state index contributed by atoms with van der Waals surface area (Å²) in [6.45, 7) is 3.24. The number of likely N-dealkylation sites (tertiary alicyclic amines) is 1. The van der Waals surface area contributed by atoms with Crippen molar-refractivity contribution in [2.75, 3.05) is 19.6 Å². The van der Waals surface area contributed by atoms with Gasteiger partial charge in [-0.3, -0.25) is 9.59 Å². The molecule has 5 nitrogen and oxygen atoms in total. The number of nitrogens with zero attached hydrogens (tertiary/aromatic N) is 1. The Kier molecular flexibility index (Phi) is 6.33. The predicted molar refractivity (Wildman–Crippen MR) is 120 cm³/mol. The Morgan fingerprint density at radius 2 is 1.84 bits per heavy atom. The van der Waals surface area contributed by atoms with Crippen LogP contribution >= 0.6 is 11.6 Å². The Morgan fingerprint density at radius 1 is 1.12 bits per heavy atom. The number of hydrogen-bond acceptors (Lipinski definition) is 3. The summed E-state index contributed by atoms with van der Waals surface area (Å²) in [5.74, 6) is -0.195. The van der Waals surface area contributed by atoms with Gasteiger partial charge in [-0.2, -0.15) is 0 Å². The average molecular weight is 455 g/mol. The van der Waals surface area contributed by atoms with E-state index in [0.29, 0.717) is 49.4 Å². The third kappa shape index (κ3) is 4.55. The van der Waals surface area contributed by atoms with E-state index in [-0.39, 0.29) is 22.3 Å². The van der Waals surface area contributed by atoms with E-state index in [1.165, 1.54) is 18.4 Å². The molecule has 0 saturated carbocycles. The molecule has 0 atom stereocenters. The zero-order valence-electron chi connectivity index (χ0n) is 17.7. The van der Waals surface area contributed by atoms with Crippen molar-refractivity contribution in [3.8, 4) is 0 Å². The van der Waals surface area contributed by atoms with E-state index in [4.69, 9.17) is 16.0 Å². The Labute approximate surface area is 191 Å². The van der Waals surface area contributed by atoms with Crippen molar-refractivity contribution in [3.05, 3.63) is 94.2 Å². The summed E-state index contributed by atoms with van der Waals surface area (Å²) < 4.78 is 18.6. The molecule has 2 aromatic carbocycles. The van der Waals surface area contributed by atoms with E-state index in [0.717, 1.165) is 11.6 Å². The summed E-state index contributed by atoms with van der Waals surface area (Å²) in [5.41, 5.74) is 1.60. The standard InChI is InChI=1S/C25H24ClFN2O3/c1-17-13-18(15-32-17)23(30)28-16-25(19-5-3-2-4-6-19)9-11-29(12-10-25)24(31)21-8-7-20(27)14-22(21)26/h2-8,13-15H,9-12,16H2,1H3,(H,28,30). The van der Waals surface area contributed by atoms with Crippen molar-refractivity contribution in [1.82, 2.24) is 10.2 Å². The van der Waals surface area contributed by atoms with Crippen LogP contribution in [0.5, 0.6) is 0 Å². The van der Waals surface area contributed by atoms with Crippen LogP contribution in [0.4, 0.5) is 4.39 Å². The number of carbonyl (C=O) groups is 2. The fourth-order valence-electron chi connectivity index (χ4n) is 4.24. The number of aryl methyl sites for hydroxylation is 1. The van der Waals surface area contributed by atoms with Gasteiger partial charge in [-0.05, 0) is 49.6 Å². The second-order valence-electron chi connectivity index (χ2n) is 8.19. The molecule has 1 aliphatic heterocycles. The van der Waals surface area contributed by atoms with Crippen LogP contribution in [0, 0.1) is 12.7 Å². The quantitative estimate of drug-likeness (QED) is 0.591. The lowest BCUT2D eigenvalue weighted by atomic mass is 9.72. The van der Waals surface area contributed by atoms with Crippen LogP contribution in [0.1, 0.15) is 44.9 Å². The molecule has 1 saturated heterocycles. The van der Waals surface area contributed by atoms with Crippen LogP contribution in [0.25, 0.3) is 0 Å². The van der Waals surface area contributed by atoms with Gasteiger partial charge in [-0.15, -0.1) is 0 Å². The number of amides is 2. The van der Waals surface area contributed by atoms with Crippen LogP contribution in [0.3, 0.4) is 0 Å². The zero-order chi connectivity index (χ0) is 22.7. The van der Waals surface area contributed by atoms with Crippen LogP contribution in [0.15, 0.2) is 65.3 Å². The lowest BCUT2D eigenvalue weighted by Gasteiger charge is -2.42. The minimum absolute atomic E-state index is 0.109. The molecule has 4 rings (SSSR count). The summed E-state index contributed by atoms with van der Waals surface area (Å²) in [7, 11) is 0. The highest BCUT2D eigenvalue weighted by Crippen LogP contribution is 2.36. The van der Waals surface area contributed by atoms with Gasteiger partial charge in [0.2, 0.25) is 0 Å². The third-order valence-electron chi connectivity index (χ3n) is 6.14. The van der Waals surface area contributed by atoms with Gasteiger partial charge in [0, 0.05) is 25.0 Å². The molecule has 166 valence electrons. The first-order valence-electron chi connectivity index (χ1n) is 10.5. The number of benzene rings is 2. The van der Waals surface area contributed by atoms with Crippen molar-refractivity contribution < 1.29 is 18.4 Å². The Balaban J connectivity index is 1.50. The fourth-order valence-corrected chi connectivity index (χ4v) is 4.49. The molecule has 0 aliphatic carbocycles. The van der Waals surface area contributed by atoms with Crippen LogP contribution in [-0.2, 0) is 5.41 Å². The molecule has 0 unspecified atom stereocenters. The summed E-state index contributed by atoms with van der Waals surface area (Å²) in [5, 5.41) is 3.16. The summed E-state index contributed by atoms with van der Waals surface area (Å²) >= 11 is 6.10. The highest BCUT2D eigenvalue weighted by molar-refractivity contribution is 6.33. The van der Waals surface area contributed by atoms with Gasteiger partial charge in [0.25, 0.3) is 11.8 Å². The van der Waals surface area contributed by atoms with Crippen LogP contribution in [0.2, 0.25) is 5.02 Å². The van der Waals surface area contributed by atoms with Crippen molar-refractivity contribution in [2.24, 2.45) is 0 Å². The van der Waals surface area contributed by atoms with Crippen molar-refractivity contribution in [3.63, 3.8) is 0 Å². The van der Waals surface area contributed by atoms with Gasteiger partial charge in [-0.1, -0.05) is 41.9 Å². The van der Waals surface area contributed by atoms with Gasteiger partial charge in [0.15, 0.2) is 0 Å². The molecule has 1 aliphatic rings. The minimum Gasteiger partial charge on any atom is -0.469 e. The second kappa shape index (κ2) is 9.17. The molecular formula is C25H24ClFN2O3. The molecule has 2 heterocycles. The third-order valence-corrected chi connectivity index (χ3v) is 6.45. The normalized spacial score (nSPS) is 15.4. The van der Waals surface area contributed by atoms with Crippen molar-refractivity contribution in [1.29, 1.82) is 0 Å². The molecule has 1 N–H and O–H groups in total. The maximum absolute atomic E-state index is 13.4. The predicted octanol–water partition coefficient (Wildman–Crippen LogP) is 4.98.